The molecule has 0 bridgehead atoms. The summed E-state index contributed by atoms with van der Waals surface area (Å²) in [5, 5.41) is 16.3. The molecule has 24 heavy (non-hydrogen) atoms. The second-order valence-electron chi connectivity index (χ2n) is 4.84. The maximum Gasteiger partial charge on any atom is 0.136 e. The van der Waals surface area contributed by atoms with Crippen molar-refractivity contribution in [2.24, 2.45) is 0 Å². The van der Waals surface area contributed by atoms with Gasteiger partial charge in [0.05, 0.1) is 16.4 Å². The van der Waals surface area contributed by atoms with Crippen LogP contribution in [0.1, 0.15) is 5.01 Å². The number of para-hydroxylation sites is 1. The Kier molecular flexibility index (Phi) is 5.17. The number of nitriles is 1. The second kappa shape index (κ2) is 7.50. The van der Waals surface area contributed by atoms with Gasteiger partial charge in [0, 0.05) is 22.2 Å². The molecule has 0 fully saturated rings. The quantitative estimate of drug-likeness (QED) is 0.564. The number of thiazole rings is 1. The average Bonchev–Trinajstić information content (AvgIpc) is 3.07. The van der Waals surface area contributed by atoms with Gasteiger partial charge in [0.1, 0.15) is 16.6 Å². The molecule has 3 nitrogen and oxygen atoms in total. The van der Waals surface area contributed by atoms with E-state index in [1.165, 1.54) is 11.3 Å². The minimum atomic E-state index is 0.445. The van der Waals surface area contributed by atoms with Gasteiger partial charge in [0.2, 0.25) is 0 Å². The van der Waals surface area contributed by atoms with E-state index in [2.05, 4.69) is 16.4 Å². The van der Waals surface area contributed by atoms with Crippen molar-refractivity contribution in [1.29, 1.82) is 5.26 Å². The highest BCUT2D eigenvalue weighted by Gasteiger charge is 2.09. The molecule has 0 saturated heterocycles. The molecule has 0 saturated carbocycles. The molecule has 6 heteroatoms. The van der Waals surface area contributed by atoms with E-state index in [9.17, 15) is 5.26 Å². The molecular formula is C18H11Cl2N3S. The van der Waals surface area contributed by atoms with Gasteiger partial charge in [-0.15, -0.1) is 11.3 Å². The summed E-state index contributed by atoms with van der Waals surface area (Å²) in [4.78, 5) is 4.53. The molecule has 0 aliphatic heterocycles. The van der Waals surface area contributed by atoms with Crippen LogP contribution in [-0.2, 0) is 0 Å². The molecule has 3 aromatic rings. The van der Waals surface area contributed by atoms with Crippen molar-refractivity contribution in [2.75, 3.05) is 5.32 Å². The van der Waals surface area contributed by atoms with E-state index in [1.807, 2.05) is 47.8 Å². The first-order valence-corrected chi connectivity index (χ1v) is 8.64. The Morgan fingerprint density at radius 3 is 2.58 bits per heavy atom. The van der Waals surface area contributed by atoms with E-state index < -0.39 is 0 Å². The molecule has 1 heterocycles. The monoisotopic (exact) mass is 371 g/mol. The lowest BCUT2D eigenvalue weighted by atomic mass is 10.2. The molecule has 118 valence electrons. The number of nitrogens with one attached hydrogen (secondary N) is 1. The fourth-order valence-corrected chi connectivity index (χ4v) is 3.13. The van der Waals surface area contributed by atoms with E-state index in [1.54, 1.807) is 12.3 Å². The average molecular weight is 372 g/mol. The Balaban J connectivity index is 1.84. The fourth-order valence-electron chi connectivity index (χ4n) is 2.02. The van der Waals surface area contributed by atoms with Crippen LogP contribution in [-0.4, -0.2) is 4.98 Å². The molecular weight excluding hydrogens is 361 g/mol. The predicted octanol–water partition coefficient (Wildman–Crippen LogP) is 6.09. The van der Waals surface area contributed by atoms with Gasteiger partial charge in [0.15, 0.2) is 0 Å². The van der Waals surface area contributed by atoms with Gasteiger partial charge < -0.3 is 5.32 Å². The van der Waals surface area contributed by atoms with E-state index in [0.29, 0.717) is 20.6 Å². The smallest absolute Gasteiger partial charge is 0.136 e. The second-order valence-corrected chi connectivity index (χ2v) is 6.54. The number of hydrogen-bond donors (Lipinski definition) is 1. The van der Waals surface area contributed by atoms with E-state index in [0.717, 1.165) is 16.9 Å². The summed E-state index contributed by atoms with van der Waals surface area (Å²) < 4.78 is 0. The number of halogens is 2. The molecule has 0 spiro atoms. The van der Waals surface area contributed by atoms with Crippen LogP contribution in [0.3, 0.4) is 0 Å². The zero-order valence-electron chi connectivity index (χ0n) is 12.3. The third-order valence-corrected chi connectivity index (χ3v) is 4.70. The zero-order chi connectivity index (χ0) is 16.9. The molecule has 1 aromatic heterocycles. The summed E-state index contributed by atoms with van der Waals surface area (Å²) in [5.74, 6) is 0. The molecule has 1 N–H and O–H groups in total. The van der Waals surface area contributed by atoms with Crippen LogP contribution in [0.4, 0.5) is 5.69 Å². The summed E-state index contributed by atoms with van der Waals surface area (Å²) in [7, 11) is 0. The van der Waals surface area contributed by atoms with Crippen molar-refractivity contribution < 1.29 is 0 Å². The highest BCUT2D eigenvalue weighted by molar-refractivity contribution is 7.11. The van der Waals surface area contributed by atoms with Crippen LogP contribution >= 0.6 is 34.5 Å². The van der Waals surface area contributed by atoms with Crippen LogP contribution in [0.15, 0.2) is 60.1 Å². The topological polar surface area (TPSA) is 48.7 Å². The standard InChI is InChI=1S/C18H11Cl2N3S/c19-14-7-5-12(6-8-14)17-11-24-18(23-17)13(9-21)10-22-16-4-2-1-3-15(16)20/h1-8,10-11,22H/b13-10-. The Morgan fingerprint density at radius 1 is 1.12 bits per heavy atom. The number of benzene rings is 2. The van der Waals surface area contributed by atoms with E-state index >= 15 is 0 Å². The lowest BCUT2D eigenvalue weighted by molar-refractivity contribution is 1.36. The van der Waals surface area contributed by atoms with Gasteiger partial charge in [-0.25, -0.2) is 4.98 Å². The molecule has 0 aliphatic carbocycles. The molecule has 0 unspecified atom stereocenters. The fraction of sp³-hybridized carbons (Fsp3) is 0. The van der Waals surface area contributed by atoms with Gasteiger partial charge in [-0.05, 0) is 24.3 Å². The SMILES string of the molecule is N#C/C(=C/Nc1ccccc1Cl)c1nc(-c2ccc(Cl)cc2)cs1. The third kappa shape index (κ3) is 3.77. The first-order chi connectivity index (χ1) is 11.7. The summed E-state index contributed by atoms with van der Waals surface area (Å²) in [6, 6.07) is 16.9. The summed E-state index contributed by atoms with van der Waals surface area (Å²) in [6.07, 6.45) is 1.62. The van der Waals surface area contributed by atoms with Gasteiger partial charge >= 0.3 is 0 Å². The Bertz CT molecular complexity index is 924. The van der Waals surface area contributed by atoms with Gasteiger partial charge in [-0.3, -0.25) is 0 Å². The van der Waals surface area contributed by atoms with E-state index in [-0.39, 0.29) is 0 Å². The first-order valence-electron chi connectivity index (χ1n) is 7.00. The van der Waals surface area contributed by atoms with Crippen LogP contribution in [0.25, 0.3) is 16.8 Å². The van der Waals surface area contributed by atoms with Crippen molar-refractivity contribution in [3.05, 3.63) is 75.2 Å². The third-order valence-electron chi connectivity index (χ3n) is 3.24. The van der Waals surface area contributed by atoms with Crippen LogP contribution < -0.4 is 5.32 Å². The maximum atomic E-state index is 9.40. The number of allylic oxidation sites excluding steroid dienone is 1. The van der Waals surface area contributed by atoms with Crippen LogP contribution in [0.5, 0.6) is 0 Å². The summed E-state index contributed by atoms with van der Waals surface area (Å²) in [6.45, 7) is 0. The summed E-state index contributed by atoms with van der Waals surface area (Å²) >= 11 is 13.4. The molecule has 0 aliphatic rings. The van der Waals surface area contributed by atoms with Gasteiger partial charge in [-0.1, -0.05) is 47.5 Å². The number of hydrogen-bond acceptors (Lipinski definition) is 4. The van der Waals surface area contributed by atoms with E-state index in [4.69, 9.17) is 23.2 Å². The molecule has 0 amide bonds. The zero-order valence-corrected chi connectivity index (χ0v) is 14.7. The lowest BCUT2D eigenvalue weighted by Gasteiger charge is -2.03. The minimum Gasteiger partial charge on any atom is -0.359 e. The molecule has 3 rings (SSSR count). The Hall–Kier alpha value is -2.32. The molecule has 2 aromatic carbocycles. The first kappa shape index (κ1) is 16.5. The van der Waals surface area contributed by atoms with Crippen molar-refractivity contribution in [1.82, 2.24) is 4.98 Å². The predicted molar refractivity (Wildman–Crippen MR) is 101 cm³/mol. The van der Waals surface area contributed by atoms with Gasteiger partial charge in [-0.2, -0.15) is 5.26 Å². The van der Waals surface area contributed by atoms with Gasteiger partial charge in [0.25, 0.3) is 0 Å². The lowest BCUT2D eigenvalue weighted by Crippen LogP contribution is -1.91. The number of anilines is 1. The van der Waals surface area contributed by atoms with Crippen molar-refractivity contribution in [3.8, 4) is 17.3 Å². The van der Waals surface area contributed by atoms with Crippen LogP contribution in [0.2, 0.25) is 10.0 Å². The molecule has 0 radical (unpaired) electrons. The number of aromatic nitrogens is 1. The van der Waals surface area contributed by atoms with Crippen molar-refractivity contribution in [2.45, 2.75) is 0 Å². The Labute approximate surface area is 153 Å². The highest BCUT2D eigenvalue weighted by atomic mass is 35.5. The number of nitrogens with zero attached hydrogens (tertiary/aromatic N) is 2. The largest absolute Gasteiger partial charge is 0.359 e. The Morgan fingerprint density at radius 2 is 1.88 bits per heavy atom. The van der Waals surface area contributed by atoms with Crippen LogP contribution in [0, 0.1) is 11.3 Å². The van der Waals surface area contributed by atoms with Crippen molar-refractivity contribution in [3.63, 3.8) is 0 Å². The van der Waals surface area contributed by atoms with Crippen molar-refractivity contribution >= 4 is 45.8 Å². The molecule has 0 atom stereocenters. The minimum absolute atomic E-state index is 0.445. The highest BCUT2D eigenvalue weighted by Crippen LogP contribution is 2.27. The summed E-state index contributed by atoms with van der Waals surface area (Å²) in [5.41, 5.74) is 2.95. The normalized spacial score (nSPS) is 11.1. The maximum absolute atomic E-state index is 9.40. The number of rotatable bonds is 4.